The summed E-state index contributed by atoms with van der Waals surface area (Å²) in [5, 5.41) is 1.56. The Hall–Kier alpha value is 0.532. The number of hydrogen-bond donors (Lipinski definition) is 0. The van der Waals surface area contributed by atoms with Crippen molar-refractivity contribution in [2.45, 2.75) is 62.3 Å². The summed E-state index contributed by atoms with van der Waals surface area (Å²) in [4.78, 5) is 0. The Kier molecular flexibility index (Phi) is 6.39. The van der Waals surface area contributed by atoms with Gasteiger partial charge in [-0.25, -0.2) is 0 Å². The Labute approximate surface area is 78.3 Å². The van der Waals surface area contributed by atoms with Crippen molar-refractivity contribution < 1.29 is 1.43 Å². The fourth-order valence-electron chi connectivity index (χ4n) is 1.88. The maximum Gasteiger partial charge on any atom is 0.267 e. The van der Waals surface area contributed by atoms with Gasteiger partial charge in [-0.1, -0.05) is 62.3 Å². The van der Waals surface area contributed by atoms with Crippen LogP contribution in [-0.2, 0) is 0 Å². The lowest BCUT2D eigenvalue weighted by Crippen LogP contribution is -2.20. The van der Waals surface area contributed by atoms with Gasteiger partial charge in [0.25, 0.3) is 14.1 Å². The molecule has 0 aromatic carbocycles. The van der Waals surface area contributed by atoms with E-state index < -0.39 is 14.1 Å². The molecule has 0 atom stereocenters. The Morgan fingerprint density at radius 1 is 1.09 bits per heavy atom. The van der Waals surface area contributed by atoms with Crippen molar-refractivity contribution in [3.05, 3.63) is 0 Å². The van der Waals surface area contributed by atoms with Crippen molar-refractivity contribution >= 4 is 14.1 Å². The Bertz CT molecular complexity index is 83.8. The minimum Gasteiger partial charge on any atom is -0.0936 e. The molecule has 0 aliphatic carbocycles. The van der Waals surface area contributed by atoms with Gasteiger partial charge >= 0.3 is 0 Å². The first-order chi connectivity index (χ1) is 5.09. The van der Waals surface area contributed by atoms with Crippen LogP contribution in [0.1, 0.15) is 48.9 Å². The van der Waals surface area contributed by atoms with E-state index in [9.17, 15) is 0 Å². The van der Waals surface area contributed by atoms with Crippen molar-refractivity contribution in [1.82, 2.24) is 0 Å². The second kappa shape index (κ2) is 6.09. The standard InChI is InChI=1S/C4H9.2C3H7.Al.H2/c1-3-4-2;2*1-3-2;;/h1,3-4H2,2H3;2*3H,1-2H3;;1H. The van der Waals surface area contributed by atoms with E-state index in [0.29, 0.717) is 0 Å². The highest BCUT2D eigenvalue weighted by Crippen LogP contribution is 2.24. The summed E-state index contributed by atoms with van der Waals surface area (Å²) in [5.41, 5.74) is 0. The molecular formula is C10H25Al. The molecule has 0 aromatic rings. The van der Waals surface area contributed by atoms with E-state index in [2.05, 4.69) is 34.6 Å². The SMILES string of the molecule is CCC[CH2][Al]([CH](C)C)[CH](C)C.[HH]. The number of rotatable bonds is 5. The Morgan fingerprint density at radius 2 is 1.55 bits per heavy atom. The van der Waals surface area contributed by atoms with Gasteiger partial charge in [-0.2, -0.15) is 0 Å². The first-order valence-electron chi connectivity index (χ1n) is 5.09. The molecule has 11 heavy (non-hydrogen) atoms. The smallest absolute Gasteiger partial charge is 0.0936 e. The normalized spacial score (nSPS) is 11.2. The van der Waals surface area contributed by atoms with Crippen molar-refractivity contribution in [2.75, 3.05) is 0 Å². The number of hydrogen-bond acceptors (Lipinski definition) is 0. The van der Waals surface area contributed by atoms with E-state index in [1.165, 1.54) is 12.8 Å². The summed E-state index contributed by atoms with van der Waals surface area (Å²) in [7, 11) is 0. The molecule has 0 amide bonds. The van der Waals surface area contributed by atoms with Gasteiger partial charge in [-0.15, -0.1) is 0 Å². The molecule has 0 rings (SSSR count). The second-order valence-corrected chi connectivity index (χ2v) is 8.87. The molecule has 0 fully saturated rings. The second-order valence-electron chi connectivity index (χ2n) is 4.29. The minimum atomic E-state index is -0.398. The highest BCUT2D eigenvalue weighted by molar-refractivity contribution is 6.61. The van der Waals surface area contributed by atoms with Gasteiger partial charge in [0.15, 0.2) is 0 Å². The van der Waals surface area contributed by atoms with Gasteiger partial charge < -0.3 is 0 Å². The summed E-state index contributed by atoms with van der Waals surface area (Å²) in [6.45, 7) is 11.9. The molecule has 1 heteroatoms. The third-order valence-electron chi connectivity index (χ3n) is 2.60. The average Bonchev–Trinajstić information content (AvgIpc) is 1.87. The van der Waals surface area contributed by atoms with Crippen LogP contribution < -0.4 is 0 Å². The van der Waals surface area contributed by atoms with E-state index in [4.69, 9.17) is 0 Å². The largest absolute Gasteiger partial charge is 0.267 e. The molecule has 0 aliphatic rings. The molecular weight excluding hydrogens is 147 g/mol. The van der Waals surface area contributed by atoms with Gasteiger partial charge in [0.2, 0.25) is 0 Å². The van der Waals surface area contributed by atoms with Gasteiger partial charge in [0.1, 0.15) is 0 Å². The van der Waals surface area contributed by atoms with E-state index in [-0.39, 0.29) is 1.43 Å². The molecule has 0 N–H and O–H groups in total. The lowest BCUT2D eigenvalue weighted by Gasteiger charge is -2.18. The Morgan fingerprint density at radius 3 is 1.82 bits per heavy atom. The molecule has 0 nitrogen and oxygen atoms in total. The van der Waals surface area contributed by atoms with Gasteiger partial charge in [-0.3, -0.25) is 0 Å². The zero-order valence-electron chi connectivity index (χ0n) is 8.85. The average molecular weight is 172 g/mol. The summed E-state index contributed by atoms with van der Waals surface area (Å²) in [5.74, 6) is 0. The van der Waals surface area contributed by atoms with Crippen molar-refractivity contribution in [2.24, 2.45) is 0 Å². The predicted octanol–water partition coefficient (Wildman–Crippen LogP) is 4.35. The van der Waals surface area contributed by atoms with Gasteiger partial charge in [-0.05, 0) is 0 Å². The molecule has 0 bridgehead atoms. The maximum absolute atomic E-state index is 2.41. The molecule has 68 valence electrons. The van der Waals surface area contributed by atoms with Crippen LogP contribution in [0.15, 0.2) is 0 Å². The highest BCUT2D eigenvalue weighted by Gasteiger charge is 2.23. The topological polar surface area (TPSA) is 0 Å². The van der Waals surface area contributed by atoms with E-state index in [1.807, 2.05) is 0 Å². The predicted molar refractivity (Wildman–Crippen MR) is 57.8 cm³/mol. The van der Waals surface area contributed by atoms with Crippen LogP contribution in [0.4, 0.5) is 0 Å². The monoisotopic (exact) mass is 172 g/mol. The van der Waals surface area contributed by atoms with Crippen LogP contribution >= 0.6 is 0 Å². The first kappa shape index (κ1) is 11.5. The van der Waals surface area contributed by atoms with Crippen molar-refractivity contribution in [3.8, 4) is 0 Å². The lowest BCUT2D eigenvalue weighted by molar-refractivity contribution is 0.831. The number of unbranched alkanes of at least 4 members (excludes halogenated alkanes) is 1. The van der Waals surface area contributed by atoms with Gasteiger partial charge in [0.05, 0.1) is 0 Å². The molecule has 0 unspecified atom stereocenters. The molecule has 0 radical (unpaired) electrons. The molecule has 0 saturated carbocycles. The quantitative estimate of drug-likeness (QED) is 0.541. The zero-order valence-corrected chi connectivity index (χ0v) is 10.0. The summed E-state index contributed by atoms with van der Waals surface area (Å²) in [6.07, 6.45) is 2.84. The van der Waals surface area contributed by atoms with Crippen LogP contribution in [0, 0.1) is 0 Å². The van der Waals surface area contributed by atoms with Crippen LogP contribution in [-0.4, -0.2) is 14.1 Å². The molecule has 0 spiro atoms. The Balaban J connectivity index is 0. The lowest BCUT2D eigenvalue weighted by atomic mass is 10.4. The third kappa shape index (κ3) is 4.88. The van der Waals surface area contributed by atoms with Crippen molar-refractivity contribution in [3.63, 3.8) is 0 Å². The van der Waals surface area contributed by atoms with Gasteiger partial charge in [0, 0.05) is 1.43 Å². The summed E-state index contributed by atoms with van der Waals surface area (Å²) >= 11 is -0.398. The third-order valence-corrected chi connectivity index (χ3v) is 7.10. The highest BCUT2D eigenvalue weighted by atomic mass is 27.2. The fourth-order valence-corrected chi connectivity index (χ4v) is 5.63. The fraction of sp³-hybridized carbons (Fsp3) is 1.00. The van der Waals surface area contributed by atoms with E-state index in [0.717, 1.165) is 9.56 Å². The zero-order chi connectivity index (χ0) is 8.85. The molecule has 0 heterocycles. The molecule has 0 aromatic heterocycles. The van der Waals surface area contributed by atoms with E-state index >= 15 is 0 Å². The molecule has 0 aliphatic heterocycles. The minimum absolute atomic E-state index is 0. The van der Waals surface area contributed by atoms with E-state index in [1.54, 1.807) is 5.28 Å². The van der Waals surface area contributed by atoms with Crippen LogP contribution in [0.2, 0.25) is 14.8 Å². The van der Waals surface area contributed by atoms with Crippen LogP contribution in [0.25, 0.3) is 0 Å². The summed E-state index contributed by atoms with van der Waals surface area (Å²) in [6, 6.07) is 0. The maximum atomic E-state index is 2.41. The molecule has 0 saturated heterocycles. The first-order valence-corrected chi connectivity index (χ1v) is 7.24. The van der Waals surface area contributed by atoms with Crippen LogP contribution in [0.3, 0.4) is 0 Å². The van der Waals surface area contributed by atoms with Crippen LogP contribution in [0.5, 0.6) is 0 Å². The summed E-state index contributed by atoms with van der Waals surface area (Å²) < 4.78 is 2.00. The van der Waals surface area contributed by atoms with Crippen molar-refractivity contribution in [1.29, 1.82) is 0 Å².